The van der Waals surface area contributed by atoms with E-state index >= 15 is 0 Å². The molecule has 6 nitrogen and oxygen atoms in total. The lowest BCUT2D eigenvalue weighted by molar-refractivity contribution is -0.274. The van der Waals surface area contributed by atoms with Crippen molar-refractivity contribution >= 4 is 29.2 Å². The number of thioether (sulfide) groups is 1. The molecule has 0 saturated carbocycles. The van der Waals surface area contributed by atoms with E-state index in [-0.39, 0.29) is 30.3 Å². The summed E-state index contributed by atoms with van der Waals surface area (Å²) in [4.78, 5) is 10.0. The molecule has 0 aliphatic carbocycles. The summed E-state index contributed by atoms with van der Waals surface area (Å²) in [6.07, 6.45) is -2.82. The lowest BCUT2D eigenvalue weighted by atomic mass is 10.1. The molecule has 0 aliphatic heterocycles. The minimum absolute atomic E-state index is 0.0976. The van der Waals surface area contributed by atoms with Crippen molar-refractivity contribution < 1.29 is 23.0 Å². The van der Waals surface area contributed by atoms with Crippen molar-refractivity contribution in [3.63, 3.8) is 0 Å². The van der Waals surface area contributed by atoms with Crippen LogP contribution in [0.15, 0.2) is 59.5 Å². The second-order valence-corrected chi connectivity index (χ2v) is 8.45. The molecule has 0 saturated heterocycles. The molecule has 3 N–H and O–H groups in total. The van der Waals surface area contributed by atoms with Gasteiger partial charge in [0, 0.05) is 22.2 Å². The molecule has 2 aromatic carbocycles. The third-order valence-electron chi connectivity index (χ3n) is 4.75. The van der Waals surface area contributed by atoms with Crippen LogP contribution in [0.3, 0.4) is 0 Å². The number of anilines is 3. The quantitative estimate of drug-likeness (QED) is 0.329. The van der Waals surface area contributed by atoms with Gasteiger partial charge in [0.15, 0.2) is 0 Å². The van der Waals surface area contributed by atoms with E-state index in [2.05, 4.69) is 25.3 Å². The van der Waals surface area contributed by atoms with E-state index in [4.69, 9.17) is 0 Å². The zero-order valence-corrected chi connectivity index (χ0v) is 19.2. The van der Waals surface area contributed by atoms with E-state index in [1.165, 1.54) is 18.2 Å². The van der Waals surface area contributed by atoms with E-state index < -0.39 is 6.36 Å². The normalized spacial score (nSPS) is 12.5. The number of rotatable bonds is 9. The third-order valence-corrected chi connectivity index (χ3v) is 5.47. The molecule has 1 atom stereocenters. The van der Waals surface area contributed by atoms with Gasteiger partial charge in [0.1, 0.15) is 11.6 Å². The number of nitrogens with one attached hydrogen (secondary N) is 2. The first-order chi connectivity index (χ1) is 15.7. The third kappa shape index (κ3) is 7.26. The lowest BCUT2D eigenvalue weighted by Crippen LogP contribution is -2.30. The van der Waals surface area contributed by atoms with Crippen LogP contribution in [0.25, 0.3) is 11.3 Å². The van der Waals surface area contributed by atoms with E-state index in [9.17, 15) is 18.3 Å². The van der Waals surface area contributed by atoms with E-state index in [1.54, 1.807) is 23.9 Å². The summed E-state index contributed by atoms with van der Waals surface area (Å²) in [7, 11) is 0. The van der Waals surface area contributed by atoms with Crippen LogP contribution in [-0.4, -0.2) is 40.3 Å². The molecule has 0 amide bonds. The van der Waals surface area contributed by atoms with Crippen LogP contribution >= 0.6 is 11.8 Å². The van der Waals surface area contributed by atoms with E-state index in [0.29, 0.717) is 17.1 Å². The molecule has 10 heteroatoms. The Morgan fingerprint density at radius 1 is 1.06 bits per heavy atom. The first kappa shape index (κ1) is 24.7. The lowest BCUT2D eigenvalue weighted by Gasteiger charge is -2.21. The molecule has 0 bridgehead atoms. The van der Waals surface area contributed by atoms with Crippen LogP contribution in [0.2, 0.25) is 0 Å². The second kappa shape index (κ2) is 10.8. The number of hydrogen-bond donors (Lipinski definition) is 3. The van der Waals surface area contributed by atoms with Gasteiger partial charge < -0.3 is 20.5 Å². The summed E-state index contributed by atoms with van der Waals surface area (Å²) in [6, 6.07) is 14.7. The molecule has 0 fully saturated rings. The Balaban J connectivity index is 2.00. The first-order valence-electron chi connectivity index (χ1n) is 10.2. The molecule has 0 aliphatic rings. The highest BCUT2D eigenvalue weighted by atomic mass is 32.2. The number of nitrogens with zero attached hydrogens (tertiary/aromatic N) is 2. The molecule has 1 heterocycles. The average Bonchev–Trinajstić information content (AvgIpc) is 2.76. The topological polar surface area (TPSA) is 79.3 Å². The number of hydrogen-bond acceptors (Lipinski definition) is 7. The fourth-order valence-electron chi connectivity index (χ4n) is 3.01. The predicted molar refractivity (Wildman–Crippen MR) is 125 cm³/mol. The Kier molecular flexibility index (Phi) is 8.04. The molecule has 1 aromatic heterocycles. The maximum absolute atomic E-state index is 12.7. The van der Waals surface area contributed by atoms with Gasteiger partial charge in [-0.1, -0.05) is 32.0 Å². The van der Waals surface area contributed by atoms with Gasteiger partial charge in [-0.15, -0.1) is 24.9 Å². The van der Waals surface area contributed by atoms with Gasteiger partial charge >= 0.3 is 6.36 Å². The molecule has 3 aromatic rings. The standard InChI is InChI=1S/C23H25F3N4O2S/c1-14(2)20(13-31)29-22-28-19(15-6-4-8-17(10-15)32-23(24,25)26)12-21(30-22)27-16-7-5-9-18(11-16)33-3/h4-12,14,20,31H,13H2,1-3H3,(H2,27,28,29,30)/t20-/m1/s1. The van der Waals surface area contributed by atoms with Crippen molar-refractivity contribution in [2.75, 3.05) is 23.5 Å². The second-order valence-electron chi connectivity index (χ2n) is 7.57. The maximum Gasteiger partial charge on any atom is 0.573 e. The van der Waals surface area contributed by atoms with Gasteiger partial charge in [0.2, 0.25) is 5.95 Å². The maximum atomic E-state index is 12.7. The summed E-state index contributed by atoms with van der Waals surface area (Å²) in [5, 5.41) is 16.0. The molecular formula is C23H25F3N4O2S. The molecule has 0 spiro atoms. The molecule has 33 heavy (non-hydrogen) atoms. The molecular weight excluding hydrogens is 453 g/mol. The van der Waals surface area contributed by atoms with Crippen LogP contribution in [0.4, 0.5) is 30.6 Å². The number of aliphatic hydroxyl groups is 1. The van der Waals surface area contributed by atoms with Gasteiger partial charge in [-0.3, -0.25) is 0 Å². The Morgan fingerprint density at radius 3 is 2.48 bits per heavy atom. The van der Waals surface area contributed by atoms with Crippen LogP contribution in [0, 0.1) is 5.92 Å². The number of aromatic nitrogens is 2. The molecule has 176 valence electrons. The first-order valence-corrected chi connectivity index (χ1v) is 11.4. The van der Waals surface area contributed by atoms with Crippen molar-refractivity contribution in [3.8, 4) is 17.0 Å². The SMILES string of the molecule is CSc1cccc(Nc2cc(-c3cccc(OC(F)(F)F)c3)nc(N[C@H](CO)C(C)C)n2)c1. The van der Waals surface area contributed by atoms with Crippen LogP contribution in [0.5, 0.6) is 5.75 Å². The number of aliphatic hydroxyl groups excluding tert-OH is 1. The largest absolute Gasteiger partial charge is 0.573 e. The summed E-state index contributed by atoms with van der Waals surface area (Å²) in [5.41, 5.74) is 1.62. The van der Waals surface area contributed by atoms with Crippen LogP contribution in [-0.2, 0) is 0 Å². The van der Waals surface area contributed by atoms with Gasteiger partial charge in [-0.25, -0.2) is 4.98 Å². The van der Waals surface area contributed by atoms with Gasteiger partial charge in [-0.2, -0.15) is 4.98 Å². The minimum atomic E-state index is -4.79. The van der Waals surface area contributed by atoms with Crippen molar-refractivity contribution in [3.05, 3.63) is 54.6 Å². The predicted octanol–water partition coefficient (Wildman–Crippen LogP) is 5.94. The zero-order chi connectivity index (χ0) is 24.0. The number of ether oxygens (including phenoxy) is 1. The number of alkyl halides is 3. The van der Waals surface area contributed by atoms with Crippen molar-refractivity contribution in [1.82, 2.24) is 9.97 Å². The van der Waals surface area contributed by atoms with Gasteiger partial charge in [-0.05, 0) is 42.5 Å². The average molecular weight is 479 g/mol. The highest BCUT2D eigenvalue weighted by Gasteiger charge is 2.31. The monoisotopic (exact) mass is 478 g/mol. The molecule has 0 radical (unpaired) electrons. The van der Waals surface area contributed by atoms with Crippen LogP contribution in [0.1, 0.15) is 13.8 Å². The summed E-state index contributed by atoms with van der Waals surface area (Å²) >= 11 is 1.60. The Bertz CT molecular complexity index is 1080. The number of halogens is 3. The summed E-state index contributed by atoms with van der Waals surface area (Å²) in [5.74, 6) is 0.445. The van der Waals surface area contributed by atoms with Crippen molar-refractivity contribution in [2.45, 2.75) is 31.1 Å². The fraction of sp³-hybridized carbons (Fsp3) is 0.304. The molecule has 0 unspecified atom stereocenters. The fourth-order valence-corrected chi connectivity index (χ4v) is 3.47. The van der Waals surface area contributed by atoms with Gasteiger partial charge in [0.05, 0.1) is 18.3 Å². The highest BCUT2D eigenvalue weighted by Crippen LogP contribution is 2.30. The Morgan fingerprint density at radius 2 is 1.82 bits per heavy atom. The van der Waals surface area contributed by atoms with Crippen LogP contribution < -0.4 is 15.4 Å². The number of benzene rings is 2. The Labute approximate surface area is 194 Å². The van der Waals surface area contributed by atoms with E-state index in [0.717, 1.165) is 10.6 Å². The minimum Gasteiger partial charge on any atom is -0.406 e. The smallest absolute Gasteiger partial charge is 0.406 e. The van der Waals surface area contributed by atoms with Gasteiger partial charge in [0.25, 0.3) is 0 Å². The van der Waals surface area contributed by atoms with Crippen molar-refractivity contribution in [1.29, 1.82) is 0 Å². The van der Waals surface area contributed by atoms with Crippen molar-refractivity contribution in [2.24, 2.45) is 5.92 Å². The molecule has 3 rings (SSSR count). The Hall–Kier alpha value is -2.98. The van der Waals surface area contributed by atoms with E-state index in [1.807, 2.05) is 44.4 Å². The summed E-state index contributed by atoms with van der Waals surface area (Å²) < 4.78 is 42.1. The zero-order valence-electron chi connectivity index (χ0n) is 18.3. The highest BCUT2D eigenvalue weighted by molar-refractivity contribution is 7.98. The summed E-state index contributed by atoms with van der Waals surface area (Å²) in [6.45, 7) is 3.77.